The quantitative estimate of drug-likeness (QED) is 0.643. The molecule has 0 bridgehead atoms. The van der Waals surface area contributed by atoms with E-state index >= 15 is 0 Å². The fourth-order valence-corrected chi connectivity index (χ4v) is 3.17. The van der Waals surface area contributed by atoms with Crippen molar-refractivity contribution < 1.29 is 13.7 Å². The minimum Gasteiger partial charge on any atom is -0.352 e. The van der Waals surface area contributed by atoms with Crippen LogP contribution < -0.4 is 10.6 Å². The van der Waals surface area contributed by atoms with Crippen LogP contribution in [0.3, 0.4) is 0 Å². The average molecular weight is 417 g/mol. The highest BCUT2D eigenvalue weighted by atomic mass is 35.5. The van der Waals surface area contributed by atoms with Crippen LogP contribution in [0, 0.1) is 12.7 Å². The lowest BCUT2D eigenvalue weighted by atomic mass is 10.1. The van der Waals surface area contributed by atoms with Crippen molar-refractivity contribution >= 4 is 18.3 Å². The molecule has 0 fully saturated rings. The fourth-order valence-electron chi connectivity index (χ4n) is 3.17. The van der Waals surface area contributed by atoms with E-state index in [1.54, 1.807) is 19.1 Å². The van der Waals surface area contributed by atoms with Gasteiger partial charge in [0.1, 0.15) is 5.82 Å². The van der Waals surface area contributed by atoms with Crippen LogP contribution in [0.1, 0.15) is 34.6 Å². The zero-order chi connectivity index (χ0) is 19.5. The first kappa shape index (κ1) is 21.0. The van der Waals surface area contributed by atoms with Crippen LogP contribution in [0.4, 0.5) is 4.39 Å². The Morgan fingerprint density at radius 1 is 1.21 bits per heavy atom. The molecule has 3 aromatic rings. The minimum absolute atomic E-state index is 0. The summed E-state index contributed by atoms with van der Waals surface area (Å²) in [4.78, 5) is 16.4. The number of halogens is 2. The zero-order valence-corrected chi connectivity index (χ0v) is 16.8. The van der Waals surface area contributed by atoms with Gasteiger partial charge in [0, 0.05) is 38.0 Å². The maximum atomic E-state index is 13.7. The van der Waals surface area contributed by atoms with Crippen molar-refractivity contribution in [1.29, 1.82) is 0 Å². The molecule has 0 saturated heterocycles. The van der Waals surface area contributed by atoms with E-state index in [0.29, 0.717) is 35.8 Å². The normalized spacial score (nSPS) is 12.3. The van der Waals surface area contributed by atoms with E-state index in [0.717, 1.165) is 18.7 Å². The predicted octanol–water partition coefficient (Wildman–Crippen LogP) is 3.46. The number of amides is 1. The van der Waals surface area contributed by atoms with E-state index in [4.69, 9.17) is 4.52 Å². The molecule has 0 saturated carbocycles. The van der Waals surface area contributed by atoms with Gasteiger partial charge in [-0.15, -0.1) is 12.4 Å². The summed E-state index contributed by atoms with van der Waals surface area (Å²) in [5.74, 6) is 0.279. The lowest BCUT2D eigenvalue weighted by Gasteiger charge is -2.06. The highest BCUT2D eigenvalue weighted by Gasteiger charge is 2.13. The molecule has 0 unspecified atom stereocenters. The highest BCUT2D eigenvalue weighted by molar-refractivity contribution is 5.85. The molecule has 2 N–H and O–H groups in total. The number of rotatable bonds is 6. The average Bonchev–Trinajstić information content (AvgIpc) is 3.35. The molecule has 0 spiro atoms. The van der Waals surface area contributed by atoms with Crippen LogP contribution in [0.5, 0.6) is 0 Å². The second-order valence-electron chi connectivity index (χ2n) is 6.96. The van der Waals surface area contributed by atoms with Gasteiger partial charge in [-0.3, -0.25) is 4.79 Å². The van der Waals surface area contributed by atoms with Gasteiger partial charge in [-0.2, -0.15) is 4.98 Å². The monoisotopic (exact) mass is 416 g/mol. The molecule has 1 amide bonds. The van der Waals surface area contributed by atoms with Gasteiger partial charge in [-0.1, -0.05) is 35.5 Å². The standard InChI is InChI=1S/C21H21FN4O2.ClH/c1-13-2-4-15(9-18(13)22)21-25-20(28-26-21)7-6-19(27)24-10-14-3-5-16-11-23-12-17(16)8-14;/h2-5,8-9,23H,6-7,10-12H2,1H3,(H,24,27);1H. The molecule has 4 rings (SSSR count). The van der Waals surface area contributed by atoms with Gasteiger partial charge < -0.3 is 15.2 Å². The largest absolute Gasteiger partial charge is 0.352 e. The van der Waals surface area contributed by atoms with Gasteiger partial charge in [0.25, 0.3) is 0 Å². The first-order chi connectivity index (χ1) is 13.6. The van der Waals surface area contributed by atoms with E-state index < -0.39 is 0 Å². The molecule has 6 nitrogen and oxygen atoms in total. The third-order valence-corrected chi connectivity index (χ3v) is 4.86. The molecular weight excluding hydrogens is 395 g/mol. The van der Waals surface area contributed by atoms with Gasteiger partial charge >= 0.3 is 0 Å². The van der Waals surface area contributed by atoms with Crippen LogP contribution in [0.2, 0.25) is 0 Å². The van der Waals surface area contributed by atoms with Crippen LogP contribution in [0.25, 0.3) is 11.4 Å². The van der Waals surface area contributed by atoms with Crippen molar-refractivity contribution in [2.75, 3.05) is 0 Å². The van der Waals surface area contributed by atoms with Crippen LogP contribution >= 0.6 is 12.4 Å². The van der Waals surface area contributed by atoms with Crippen LogP contribution in [-0.4, -0.2) is 16.0 Å². The Bertz CT molecular complexity index is 1020. The number of benzene rings is 2. The molecule has 1 aliphatic rings. The summed E-state index contributed by atoms with van der Waals surface area (Å²) in [5, 5.41) is 10.1. The summed E-state index contributed by atoms with van der Waals surface area (Å²) in [7, 11) is 0. The molecule has 1 aromatic heterocycles. The Balaban J connectivity index is 0.00000240. The van der Waals surface area contributed by atoms with Crippen molar-refractivity contribution in [3.05, 3.63) is 70.4 Å². The smallest absolute Gasteiger partial charge is 0.227 e. The van der Waals surface area contributed by atoms with E-state index in [2.05, 4.69) is 32.9 Å². The molecule has 8 heteroatoms. The number of aryl methyl sites for hydroxylation is 2. The Labute approximate surface area is 174 Å². The summed E-state index contributed by atoms with van der Waals surface area (Å²) in [6, 6.07) is 11.1. The van der Waals surface area contributed by atoms with Crippen LogP contribution in [0.15, 0.2) is 40.9 Å². The maximum absolute atomic E-state index is 13.7. The fraction of sp³-hybridized carbons (Fsp3) is 0.286. The van der Waals surface area contributed by atoms with E-state index in [1.807, 2.05) is 6.07 Å². The highest BCUT2D eigenvalue weighted by Crippen LogP contribution is 2.19. The van der Waals surface area contributed by atoms with E-state index in [-0.39, 0.29) is 30.6 Å². The molecule has 152 valence electrons. The van der Waals surface area contributed by atoms with Gasteiger partial charge in [-0.05, 0) is 35.2 Å². The lowest BCUT2D eigenvalue weighted by molar-refractivity contribution is -0.121. The van der Waals surface area contributed by atoms with Crippen molar-refractivity contribution in [3.63, 3.8) is 0 Å². The minimum atomic E-state index is -0.314. The Hall–Kier alpha value is -2.77. The molecule has 29 heavy (non-hydrogen) atoms. The molecule has 0 radical (unpaired) electrons. The number of carbonyl (C=O) groups excluding carboxylic acids is 1. The summed E-state index contributed by atoms with van der Waals surface area (Å²) in [6.45, 7) is 3.97. The number of hydrogen-bond acceptors (Lipinski definition) is 5. The summed E-state index contributed by atoms with van der Waals surface area (Å²) in [6.07, 6.45) is 0.581. The number of carbonyl (C=O) groups is 1. The van der Waals surface area contributed by atoms with Crippen molar-refractivity contribution in [3.8, 4) is 11.4 Å². The first-order valence-electron chi connectivity index (χ1n) is 9.26. The molecule has 1 aliphatic heterocycles. The van der Waals surface area contributed by atoms with E-state index in [9.17, 15) is 9.18 Å². The summed E-state index contributed by atoms with van der Waals surface area (Å²) >= 11 is 0. The van der Waals surface area contributed by atoms with Gasteiger partial charge in [-0.25, -0.2) is 4.39 Å². The molecule has 0 atom stereocenters. The third kappa shape index (κ3) is 4.99. The SMILES string of the molecule is Cc1ccc(-c2noc(CCC(=O)NCc3ccc4c(c3)CNC4)n2)cc1F.Cl. The number of fused-ring (bicyclic) bond motifs is 1. The topological polar surface area (TPSA) is 80.0 Å². The van der Waals surface area contributed by atoms with Crippen molar-refractivity contribution in [2.24, 2.45) is 0 Å². The van der Waals surface area contributed by atoms with Gasteiger partial charge in [0.2, 0.25) is 17.6 Å². The number of nitrogens with one attached hydrogen (secondary N) is 2. The van der Waals surface area contributed by atoms with Gasteiger partial charge in [0.05, 0.1) is 0 Å². The number of hydrogen-bond donors (Lipinski definition) is 2. The number of nitrogens with zero attached hydrogens (tertiary/aromatic N) is 2. The zero-order valence-electron chi connectivity index (χ0n) is 16.0. The van der Waals surface area contributed by atoms with Crippen molar-refractivity contribution in [1.82, 2.24) is 20.8 Å². The Morgan fingerprint density at radius 3 is 2.86 bits per heavy atom. The molecule has 2 heterocycles. The third-order valence-electron chi connectivity index (χ3n) is 4.86. The Morgan fingerprint density at radius 2 is 2.03 bits per heavy atom. The van der Waals surface area contributed by atoms with Crippen molar-refractivity contribution in [2.45, 2.75) is 39.4 Å². The van der Waals surface area contributed by atoms with E-state index in [1.165, 1.54) is 17.2 Å². The molecule has 2 aromatic carbocycles. The molecule has 0 aliphatic carbocycles. The van der Waals surface area contributed by atoms with Crippen LogP contribution in [-0.2, 0) is 30.8 Å². The summed E-state index contributed by atoms with van der Waals surface area (Å²) in [5.41, 5.74) is 4.79. The number of aromatic nitrogens is 2. The van der Waals surface area contributed by atoms with Gasteiger partial charge in [0.15, 0.2) is 0 Å². The summed E-state index contributed by atoms with van der Waals surface area (Å²) < 4.78 is 18.9. The second-order valence-corrected chi connectivity index (χ2v) is 6.96. The lowest BCUT2D eigenvalue weighted by Crippen LogP contribution is -2.23. The predicted molar refractivity (Wildman–Crippen MR) is 109 cm³/mol. The second kappa shape index (κ2) is 9.15. The first-order valence-corrected chi connectivity index (χ1v) is 9.26. The Kier molecular flexibility index (Phi) is 6.61. The maximum Gasteiger partial charge on any atom is 0.227 e. The molecular formula is C21H22ClFN4O2.